The number of hydrogen-bond acceptors (Lipinski definition) is 3. The van der Waals surface area contributed by atoms with Gasteiger partial charge in [0.05, 0.1) is 11.4 Å². The Hall–Kier alpha value is -3.12. The van der Waals surface area contributed by atoms with E-state index in [4.69, 9.17) is 11.6 Å². The molecule has 1 heterocycles. The third-order valence-corrected chi connectivity index (χ3v) is 4.42. The number of nitrogens with one attached hydrogen (secondary N) is 2. The van der Waals surface area contributed by atoms with Crippen molar-refractivity contribution in [2.45, 2.75) is 27.7 Å². The first kappa shape index (κ1) is 20.6. The molecule has 0 spiro atoms. The molecule has 0 saturated heterocycles. The zero-order valence-corrected chi connectivity index (χ0v) is 17.5. The molecule has 0 bridgehead atoms. The quantitative estimate of drug-likeness (QED) is 0.630. The highest BCUT2D eigenvalue weighted by molar-refractivity contribution is 6.30. The Labute approximate surface area is 174 Å². The summed E-state index contributed by atoms with van der Waals surface area (Å²) in [4.78, 5) is 25.0. The third kappa shape index (κ3) is 5.03. The molecule has 1 aromatic heterocycles. The van der Waals surface area contributed by atoms with Gasteiger partial charge in [-0.05, 0) is 43.3 Å². The average molecular weight is 411 g/mol. The smallest absolute Gasteiger partial charge is 0.256 e. The Bertz CT molecular complexity index is 1070. The van der Waals surface area contributed by atoms with Gasteiger partial charge in [-0.25, -0.2) is 4.68 Å². The van der Waals surface area contributed by atoms with E-state index >= 15 is 0 Å². The fourth-order valence-electron chi connectivity index (χ4n) is 2.64. The summed E-state index contributed by atoms with van der Waals surface area (Å²) >= 11 is 6.08. The van der Waals surface area contributed by atoms with E-state index in [0.717, 1.165) is 11.4 Å². The van der Waals surface area contributed by atoms with E-state index in [-0.39, 0.29) is 11.8 Å². The Kier molecular flexibility index (Phi) is 5.75. The zero-order chi connectivity index (χ0) is 21.2. The molecule has 0 saturated carbocycles. The van der Waals surface area contributed by atoms with Crippen LogP contribution in [0.3, 0.4) is 0 Å². The van der Waals surface area contributed by atoms with Crippen LogP contribution in [-0.4, -0.2) is 21.6 Å². The lowest BCUT2D eigenvalue weighted by molar-refractivity contribution is -0.123. The summed E-state index contributed by atoms with van der Waals surface area (Å²) in [5.41, 5.74) is 1.96. The maximum atomic E-state index is 12.8. The minimum absolute atomic E-state index is 0.121. The highest BCUT2D eigenvalue weighted by Gasteiger charge is 2.21. The van der Waals surface area contributed by atoms with Crippen LogP contribution >= 0.6 is 11.6 Å². The van der Waals surface area contributed by atoms with Gasteiger partial charge < -0.3 is 10.6 Å². The fourth-order valence-corrected chi connectivity index (χ4v) is 2.82. The molecule has 0 unspecified atom stereocenters. The van der Waals surface area contributed by atoms with Gasteiger partial charge in [-0.2, -0.15) is 5.10 Å². The second kappa shape index (κ2) is 8.09. The molecule has 3 aromatic rings. The highest BCUT2D eigenvalue weighted by Crippen LogP contribution is 2.22. The van der Waals surface area contributed by atoms with Crippen molar-refractivity contribution >= 4 is 34.9 Å². The largest absolute Gasteiger partial charge is 0.326 e. The molecule has 2 amide bonds. The van der Waals surface area contributed by atoms with Crippen molar-refractivity contribution in [3.63, 3.8) is 0 Å². The van der Waals surface area contributed by atoms with E-state index in [1.54, 1.807) is 47.1 Å². The number of aromatic nitrogens is 2. The number of carbonyl (C=O) groups excluding carboxylic acids is 2. The van der Waals surface area contributed by atoms with Crippen molar-refractivity contribution < 1.29 is 9.59 Å². The summed E-state index contributed by atoms with van der Waals surface area (Å²) < 4.78 is 1.63. The van der Waals surface area contributed by atoms with Crippen LogP contribution in [-0.2, 0) is 4.79 Å². The van der Waals surface area contributed by atoms with Crippen molar-refractivity contribution in [2.24, 2.45) is 5.41 Å². The Morgan fingerprint density at radius 3 is 2.41 bits per heavy atom. The van der Waals surface area contributed by atoms with E-state index in [0.29, 0.717) is 22.1 Å². The lowest BCUT2D eigenvalue weighted by Gasteiger charge is -2.18. The lowest BCUT2D eigenvalue weighted by Crippen LogP contribution is -2.27. The van der Waals surface area contributed by atoms with Crippen molar-refractivity contribution in [3.8, 4) is 5.69 Å². The number of hydrogen-bond donors (Lipinski definition) is 2. The minimum atomic E-state index is -0.529. The van der Waals surface area contributed by atoms with E-state index in [1.165, 1.54) is 0 Å². The van der Waals surface area contributed by atoms with Crippen molar-refractivity contribution in [1.29, 1.82) is 0 Å². The van der Waals surface area contributed by atoms with Gasteiger partial charge in [0.2, 0.25) is 5.91 Å². The monoisotopic (exact) mass is 410 g/mol. The molecule has 6 nitrogen and oxygen atoms in total. The van der Waals surface area contributed by atoms with Crippen LogP contribution in [0.4, 0.5) is 11.5 Å². The van der Waals surface area contributed by atoms with Crippen molar-refractivity contribution in [3.05, 3.63) is 70.9 Å². The molecule has 0 atom stereocenters. The van der Waals surface area contributed by atoms with Crippen LogP contribution in [0.1, 0.15) is 36.8 Å². The average Bonchev–Trinajstić information content (AvgIpc) is 3.01. The van der Waals surface area contributed by atoms with Gasteiger partial charge in [0, 0.05) is 27.8 Å². The van der Waals surface area contributed by atoms with E-state index in [1.807, 2.05) is 39.8 Å². The molecular formula is C22H23ClN4O2. The summed E-state index contributed by atoms with van der Waals surface area (Å²) in [6, 6.07) is 15.8. The molecule has 2 aromatic carbocycles. The number of amides is 2. The number of nitrogens with zero attached hydrogens (tertiary/aromatic N) is 2. The number of benzene rings is 2. The minimum Gasteiger partial charge on any atom is -0.326 e. The van der Waals surface area contributed by atoms with Gasteiger partial charge in [-0.15, -0.1) is 0 Å². The molecule has 2 N–H and O–H groups in total. The number of carbonyl (C=O) groups is 2. The maximum absolute atomic E-state index is 12.8. The van der Waals surface area contributed by atoms with Crippen molar-refractivity contribution in [2.75, 3.05) is 10.6 Å². The fraction of sp³-hybridized carbons (Fsp3) is 0.227. The normalized spacial score (nSPS) is 11.2. The van der Waals surface area contributed by atoms with Crippen LogP contribution < -0.4 is 10.6 Å². The second-order valence-corrected chi connectivity index (χ2v) is 8.24. The molecule has 0 aliphatic heterocycles. The predicted molar refractivity (Wildman–Crippen MR) is 116 cm³/mol. The summed E-state index contributed by atoms with van der Waals surface area (Å²) in [6.45, 7) is 7.34. The van der Waals surface area contributed by atoms with Gasteiger partial charge >= 0.3 is 0 Å². The zero-order valence-electron chi connectivity index (χ0n) is 16.8. The number of rotatable bonds is 4. The predicted octanol–water partition coefficient (Wildman–Crippen LogP) is 5.07. The summed E-state index contributed by atoms with van der Waals surface area (Å²) in [5, 5.41) is 10.7. The molecule has 29 heavy (non-hydrogen) atoms. The molecule has 3 rings (SSSR count). The van der Waals surface area contributed by atoms with Crippen LogP contribution in [0.15, 0.2) is 54.6 Å². The topological polar surface area (TPSA) is 76.0 Å². The molecule has 0 aliphatic carbocycles. The van der Waals surface area contributed by atoms with Crippen LogP contribution in [0.2, 0.25) is 5.02 Å². The van der Waals surface area contributed by atoms with Gasteiger partial charge in [0.25, 0.3) is 5.91 Å². The van der Waals surface area contributed by atoms with Gasteiger partial charge in [-0.3, -0.25) is 9.59 Å². The molecular weight excluding hydrogens is 388 g/mol. The second-order valence-electron chi connectivity index (χ2n) is 7.80. The van der Waals surface area contributed by atoms with Crippen LogP contribution in [0.5, 0.6) is 0 Å². The van der Waals surface area contributed by atoms with Gasteiger partial charge in [0.1, 0.15) is 5.82 Å². The molecule has 0 fully saturated rings. The van der Waals surface area contributed by atoms with Crippen LogP contribution in [0, 0.1) is 12.3 Å². The third-order valence-electron chi connectivity index (χ3n) is 4.19. The Balaban J connectivity index is 1.83. The summed E-state index contributed by atoms with van der Waals surface area (Å²) in [5.74, 6) is 0.101. The Morgan fingerprint density at radius 1 is 1.00 bits per heavy atom. The summed E-state index contributed by atoms with van der Waals surface area (Å²) in [6.07, 6.45) is 0. The van der Waals surface area contributed by atoms with Gasteiger partial charge in [-0.1, -0.05) is 44.5 Å². The standard InChI is InChI=1S/C22H23ClN4O2/c1-14-11-19(27(26-14)18-10-6-8-16(23)13-18)25-20(28)15-7-5-9-17(12-15)24-21(29)22(2,3)4/h5-13H,1-4H3,(H,24,29)(H,25,28). The maximum Gasteiger partial charge on any atom is 0.256 e. The van der Waals surface area contributed by atoms with Crippen LogP contribution in [0.25, 0.3) is 5.69 Å². The van der Waals surface area contributed by atoms with E-state index in [2.05, 4.69) is 15.7 Å². The first-order valence-electron chi connectivity index (χ1n) is 9.19. The van der Waals surface area contributed by atoms with E-state index in [9.17, 15) is 9.59 Å². The molecule has 0 radical (unpaired) electrons. The Morgan fingerprint density at radius 2 is 1.72 bits per heavy atom. The first-order chi connectivity index (χ1) is 13.6. The highest BCUT2D eigenvalue weighted by atomic mass is 35.5. The SMILES string of the molecule is Cc1cc(NC(=O)c2cccc(NC(=O)C(C)(C)C)c2)n(-c2cccc(Cl)c2)n1. The van der Waals surface area contributed by atoms with E-state index < -0.39 is 5.41 Å². The van der Waals surface area contributed by atoms with Crippen molar-refractivity contribution in [1.82, 2.24) is 9.78 Å². The van der Waals surface area contributed by atoms with Gasteiger partial charge in [0.15, 0.2) is 0 Å². The number of halogens is 1. The first-order valence-corrected chi connectivity index (χ1v) is 9.57. The summed E-state index contributed by atoms with van der Waals surface area (Å²) in [7, 11) is 0. The number of aryl methyl sites for hydroxylation is 1. The molecule has 7 heteroatoms. The molecule has 0 aliphatic rings. The molecule has 150 valence electrons. The lowest BCUT2D eigenvalue weighted by atomic mass is 9.95. The number of anilines is 2.